The minimum absolute atomic E-state index is 0. The topological polar surface area (TPSA) is 125 Å². The van der Waals surface area contributed by atoms with Crippen LogP contribution in [0.4, 0.5) is 4.79 Å². The second kappa shape index (κ2) is 11.8. The highest BCUT2D eigenvalue weighted by Gasteiger charge is 2.20. The Morgan fingerprint density at radius 2 is 1.43 bits per heavy atom. The maximum Gasteiger partial charge on any atom is 0.435 e. The van der Waals surface area contributed by atoms with E-state index < -0.39 is 17.7 Å². The molecule has 35 heavy (non-hydrogen) atoms. The Hall–Kier alpha value is -4.21. The molecule has 0 amide bonds. The van der Waals surface area contributed by atoms with Crippen LogP contribution in [0.15, 0.2) is 48.8 Å². The minimum Gasteiger partial charge on any atom is -0.465 e. The highest BCUT2D eigenvalue weighted by Crippen LogP contribution is 2.18. The first-order chi connectivity index (χ1) is 15.6. The molecule has 2 aromatic heterocycles. The summed E-state index contributed by atoms with van der Waals surface area (Å²) in [7, 11) is 2.66. The lowest BCUT2D eigenvalue weighted by atomic mass is 10.2. The molecule has 4 rings (SSSR count). The molecular formula is C25H32N4O6. The molecule has 0 aliphatic heterocycles. The van der Waals surface area contributed by atoms with Crippen LogP contribution < -0.4 is 0 Å². The van der Waals surface area contributed by atoms with Gasteiger partial charge in [-0.15, -0.1) is 0 Å². The summed E-state index contributed by atoms with van der Waals surface area (Å²) < 4.78 is 15.6. The molecule has 0 radical (unpaired) electrons. The maximum absolute atomic E-state index is 12.0. The number of ether oxygens (including phenoxy) is 3. The first kappa shape index (κ1) is 28.8. The van der Waals surface area contributed by atoms with Crippen molar-refractivity contribution in [1.29, 1.82) is 0 Å². The van der Waals surface area contributed by atoms with Gasteiger partial charge in [0.2, 0.25) is 0 Å². The fourth-order valence-electron chi connectivity index (χ4n) is 2.90. The van der Waals surface area contributed by atoms with Gasteiger partial charge in [-0.05, 0) is 45.0 Å². The number of carbonyl (C=O) groups is 3. The summed E-state index contributed by atoms with van der Waals surface area (Å²) in [5.74, 6) is -0.805. The van der Waals surface area contributed by atoms with E-state index in [-0.39, 0.29) is 20.8 Å². The third-order valence-corrected chi connectivity index (χ3v) is 4.42. The van der Waals surface area contributed by atoms with E-state index in [4.69, 9.17) is 4.74 Å². The van der Waals surface area contributed by atoms with Gasteiger partial charge in [-0.25, -0.2) is 14.4 Å². The molecular weight excluding hydrogens is 452 g/mol. The number of benzene rings is 2. The monoisotopic (exact) mass is 484 g/mol. The molecule has 2 aromatic carbocycles. The van der Waals surface area contributed by atoms with Crippen molar-refractivity contribution in [1.82, 2.24) is 20.0 Å². The van der Waals surface area contributed by atoms with E-state index in [1.165, 1.54) is 14.2 Å². The second-order valence-corrected chi connectivity index (χ2v) is 7.97. The van der Waals surface area contributed by atoms with E-state index in [1.807, 2.05) is 6.07 Å². The van der Waals surface area contributed by atoms with Crippen molar-refractivity contribution in [3.63, 3.8) is 0 Å². The van der Waals surface area contributed by atoms with Crippen LogP contribution in [0.1, 0.15) is 56.3 Å². The standard InChI is InChI=1S/C14H16N2O4.C9H8N2O2.2CH4/c1-14(2,3)20-13(18)16-11-7-9(12(17)19-4)5-6-10(11)8-15-16;1-13-9(12)6-2-3-7-5-10-11-8(7)4-6;;/h5-8H,1-4H3;2-5H,1H3,(H,10,11);2*1H4. The third-order valence-electron chi connectivity index (χ3n) is 4.42. The van der Waals surface area contributed by atoms with E-state index in [0.29, 0.717) is 16.6 Å². The molecule has 188 valence electrons. The zero-order valence-corrected chi connectivity index (χ0v) is 18.9. The lowest BCUT2D eigenvalue weighted by molar-refractivity contribution is 0.0519. The van der Waals surface area contributed by atoms with Gasteiger partial charge in [-0.3, -0.25) is 5.10 Å². The molecule has 10 heteroatoms. The predicted octanol–water partition coefficient (Wildman–Crippen LogP) is 5.23. The van der Waals surface area contributed by atoms with Crippen molar-refractivity contribution in [3.05, 3.63) is 59.9 Å². The van der Waals surface area contributed by atoms with Crippen molar-refractivity contribution in [3.8, 4) is 0 Å². The predicted molar refractivity (Wildman–Crippen MR) is 134 cm³/mol. The number of hydrogen-bond acceptors (Lipinski definition) is 8. The Bertz CT molecular complexity index is 1320. The first-order valence-corrected chi connectivity index (χ1v) is 9.94. The second-order valence-electron chi connectivity index (χ2n) is 7.97. The summed E-state index contributed by atoms with van der Waals surface area (Å²) in [4.78, 5) is 34.7. The Morgan fingerprint density at radius 1 is 0.857 bits per heavy atom. The van der Waals surface area contributed by atoms with E-state index in [9.17, 15) is 14.4 Å². The van der Waals surface area contributed by atoms with E-state index in [2.05, 4.69) is 24.8 Å². The Labute approximate surface area is 204 Å². The van der Waals surface area contributed by atoms with Crippen LogP contribution in [0, 0.1) is 0 Å². The summed E-state index contributed by atoms with van der Waals surface area (Å²) in [6.07, 6.45) is 2.66. The van der Waals surface area contributed by atoms with Crippen LogP contribution in [0.5, 0.6) is 0 Å². The molecule has 0 saturated heterocycles. The molecule has 0 saturated carbocycles. The van der Waals surface area contributed by atoms with Gasteiger partial charge >= 0.3 is 18.0 Å². The lowest BCUT2D eigenvalue weighted by Crippen LogP contribution is -2.27. The van der Waals surface area contributed by atoms with E-state index in [1.54, 1.807) is 63.5 Å². The molecule has 0 aliphatic carbocycles. The van der Waals surface area contributed by atoms with E-state index >= 15 is 0 Å². The molecule has 0 fully saturated rings. The molecule has 0 aliphatic rings. The number of aromatic amines is 1. The molecule has 2 heterocycles. The molecule has 0 bridgehead atoms. The van der Waals surface area contributed by atoms with Crippen LogP contribution in [0.2, 0.25) is 0 Å². The number of aromatic nitrogens is 4. The lowest BCUT2D eigenvalue weighted by Gasteiger charge is -2.19. The van der Waals surface area contributed by atoms with Gasteiger partial charge < -0.3 is 14.2 Å². The number of rotatable bonds is 2. The third kappa shape index (κ3) is 6.89. The summed E-state index contributed by atoms with van der Waals surface area (Å²) in [5.41, 5.74) is 1.60. The van der Waals surface area contributed by atoms with Gasteiger partial charge in [0.15, 0.2) is 0 Å². The van der Waals surface area contributed by atoms with Crippen molar-refractivity contribution < 1.29 is 28.6 Å². The van der Waals surface area contributed by atoms with Crippen molar-refractivity contribution in [2.45, 2.75) is 41.2 Å². The van der Waals surface area contributed by atoms with Gasteiger partial charge in [0.25, 0.3) is 0 Å². The fraction of sp³-hybridized carbons (Fsp3) is 0.320. The van der Waals surface area contributed by atoms with Gasteiger partial charge in [0.1, 0.15) is 5.60 Å². The molecule has 0 atom stereocenters. The van der Waals surface area contributed by atoms with Crippen LogP contribution in [0.3, 0.4) is 0 Å². The van der Waals surface area contributed by atoms with Crippen molar-refractivity contribution >= 4 is 39.8 Å². The number of hydrogen-bond donors (Lipinski definition) is 1. The molecule has 0 spiro atoms. The normalized spacial score (nSPS) is 10.3. The van der Waals surface area contributed by atoms with Crippen LogP contribution in [-0.4, -0.2) is 57.8 Å². The van der Waals surface area contributed by atoms with Gasteiger partial charge in [-0.1, -0.05) is 27.0 Å². The van der Waals surface area contributed by atoms with Crippen molar-refractivity contribution in [2.24, 2.45) is 0 Å². The number of carbonyl (C=O) groups excluding carboxylic acids is 3. The Balaban J connectivity index is 0.000000356. The molecule has 0 unspecified atom stereocenters. The molecule has 4 aromatic rings. The quantitative estimate of drug-likeness (QED) is 0.303. The van der Waals surface area contributed by atoms with E-state index in [0.717, 1.165) is 21.0 Å². The average molecular weight is 485 g/mol. The number of fused-ring (bicyclic) bond motifs is 2. The smallest absolute Gasteiger partial charge is 0.435 e. The average Bonchev–Trinajstić information content (AvgIpc) is 3.43. The van der Waals surface area contributed by atoms with Crippen LogP contribution in [0.25, 0.3) is 21.8 Å². The number of nitrogens with zero attached hydrogens (tertiary/aromatic N) is 3. The highest BCUT2D eigenvalue weighted by molar-refractivity contribution is 5.96. The number of methoxy groups -OCH3 is 2. The first-order valence-electron chi connectivity index (χ1n) is 9.94. The summed E-state index contributed by atoms with van der Waals surface area (Å²) in [5, 5.41) is 12.3. The van der Waals surface area contributed by atoms with Crippen LogP contribution in [-0.2, 0) is 14.2 Å². The SMILES string of the molecule is C.C.COC(=O)c1ccc2cn[nH]c2c1.COC(=O)c1ccc2cnn(C(=O)OC(C)(C)C)c2c1. The van der Waals surface area contributed by atoms with Crippen LogP contribution >= 0.6 is 0 Å². The summed E-state index contributed by atoms with van der Waals surface area (Å²) >= 11 is 0. The van der Waals surface area contributed by atoms with Gasteiger partial charge in [-0.2, -0.15) is 14.9 Å². The van der Waals surface area contributed by atoms with Gasteiger partial charge in [0.05, 0.1) is 48.8 Å². The Morgan fingerprint density at radius 3 is 2.00 bits per heavy atom. The number of esters is 2. The largest absolute Gasteiger partial charge is 0.465 e. The molecule has 10 nitrogen and oxygen atoms in total. The Kier molecular flexibility index (Phi) is 9.70. The highest BCUT2D eigenvalue weighted by atomic mass is 16.6. The zero-order chi connectivity index (χ0) is 24.2. The minimum atomic E-state index is -0.616. The summed E-state index contributed by atoms with van der Waals surface area (Å²) in [6, 6.07) is 10.1. The number of nitrogens with one attached hydrogen (secondary N) is 1. The maximum atomic E-state index is 12.0. The molecule has 1 N–H and O–H groups in total. The zero-order valence-electron chi connectivity index (χ0n) is 18.9. The fourth-order valence-corrected chi connectivity index (χ4v) is 2.90. The summed E-state index contributed by atoms with van der Waals surface area (Å²) in [6.45, 7) is 5.32. The van der Waals surface area contributed by atoms with Crippen molar-refractivity contribution in [2.75, 3.05) is 14.2 Å². The van der Waals surface area contributed by atoms with Gasteiger partial charge in [0, 0.05) is 10.8 Å². The number of H-pyrrole nitrogens is 1.